The molecule has 28 heavy (non-hydrogen) atoms. The lowest BCUT2D eigenvalue weighted by Crippen LogP contribution is -2.32. The molecule has 0 saturated carbocycles. The molecule has 0 spiro atoms. The minimum atomic E-state index is -0.0968. The minimum absolute atomic E-state index is 0.0713. The zero-order valence-electron chi connectivity index (χ0n) is 15.6. The van der Waals surface area contributed by atoms with E-state index in [0.29, 0.717) is 23.9 Å². The molecule has 3 rings (SSSR count). The summed E-state index contributed by atoms with van der Waals surface area (Å²) in [5.74, 6) is 0.583. The van der Waals surface area contributed by atoms with Gasteiger partial charge in [-0.1, -0.05) is 23.7 Å². The van der Waals surface area contributed by atoms with E-state index in [1.165, 1.54) is 0 Å². The molecule has 1 aliphatic rings. The fourth-order valence-electron chi connectivity index (χ4n) is 2.96. The van der Waals surface area contributed by atoms with Crippen LogP contribution in [0.3, 0.4) is 0 Å². The molecule has 0 aliphatic carbocycles. The number of benzene rings is 2. The quantitative estimate of drug-likeness (QED) is 0.735. The van der Waals surface area contributed by atoms with E-state index >= 15 is 0 Å². The van der Waals surface area contributed by atoms with Gasteiger partial charge >= 0.3 is 6.03 Å². The van der Waals surface area contributed by atoms with Crippen molar-refractivity contribution in [3.63, 3.8) is 0 Å². The average molecular weight is 402 g/mol. The highest BCUT2D eigenvalue weighted by molar-refractivity contribution is 6.30. The number of carbonyl (C=O) groups excluding carboxylic acids is 2. The van der Waals surface area contributed by atoms with E-state index in [1.807, 2.05) is 29.2 Å². The Hall–Kier alpha value is -2.73. The second kappa shape index (κ2) is 9.99. The number of hydrogen-bond acceptors (Lipinski definition) is 3. The van der Waals surface area contributed by atoms with Gasteiger partial charge in [0.25, 0.3) is 0 Å². The molecule has 1 aliphatic heterocycles. The average Bonchev–Trinajstić information content (AvgIpc) is 3.23. The highest BCUT2D eigenvalue weighted by Gasteiger charge is 2.17. The van der Waals surface area contributed by atoms with E-state index in [1.54, 1.807) is 24.3 Å². The molecule has 7 heteroatoms. The topological polar surface area (TPSA) is 70.7 Å². The number of rotatable bonds is 7. The van der Waals surface area contributed by atoms with Crippen LogP contribution in [0.5, 0.6) is 5.75 Å². The van der Waals surface area contributed by atoms with Crippen molar-refractivity contribution in [2.24, 2.45) is 0 Å². The molecule has 0 bridgehead atoms. The molecule has 2 aromatic rings. The smallest absolute Gasteiger partial charge is 0.321 e. The number of carbonyl (C=O) groups is 2. The van der Waals surface area contributed by atoms with Crippen LogP contribution in [0.1, 0.15) is 24.8 Å². The van der Waals surface area contributed by atoms with Gasteiger partial charge in [-0.2, -0.15) is 0 Å². The molecule has 2 aromatic carbocycles. The molecule has 0 aromatic heterocycles. The van der Waals surface area contributed by atoms with Crippen molar-refractivity contribution in [1.29, 1.82) is 0 Å². The van der Waals surface area contributed by atoms with Crippen molar-refractivity contribution in [2.75, 3.05) is 25.0 Å². The largest absolute Gasteiger partial charge is 0.493 e. The molecule has 1 heterocycles. The molecular formula is C21H24ClN3O3. The second-order valence-electron chi connectivity index (χ2n) is 6.65. The maximum atomic E-state index is 12.2. The first-order valence-corrected chi connectivity index (χ1v) is 9.78. The number of ether oxygens (including phenoxy) is 1. The predicted octanol–water partition coefficient (Wildman–Crippen LogP) is 4.05. The van der Waals surface area contributed by atoms with Crippen LogP contribution in [-0.4, -0.2) is 36.5 Å². The van der Waals surface area contributed by atoms with Crippen molar-refractivity contribution in [3.8, 4) is 5.75 Å². The third-order valence-corrected chi connectivity index (χ3v) is 4.72. The van der Waals surface area contributed by atoms with Crippen molar-refractivity contribution in [3.05, 3.63) is 59.1 Å². The van der Waals surface area contributed by atoms with Crippen LogP contribution in [0.2, 0.25) is 5.02 Å². The Morgan fingerprint density at radius 2 is 1.82 bits per heavy atom. The van der Waals surface area contributed by atoms with Crippen molar-refractivity contribution >= 4 is 29.2 Å². The van der Waals surface area contributed by atoms with E-state index in [9.17, 15) is 9.59 Å². The van der Waals surface area contributed by atoms with Gasteiger partial charge < -0.3 is 20.3 Å². The molecule has 148 valence electrons. The molecule has 2 N–H and O–H groups in total. The van der Waals surface area contributed by atoms with Crippen molar-refractivity contribution in [2.45, 2.75) is 25.8 Å². The zero-order chi connectivity index (χ0) is 19.8. The van der Waals surface area contributed by atoms with Crippen LogP contribution >= 0.6 is 11.6 Å². The molecule has 6 nitrogen and oxygen atoms in total. The van der Waals surface area contributed by atoms with Crippen molar-refractivity contribution in [1.82, 2.24) is 10.2 Å². The number of nitrogens with one attached hydrogen (secondary N) is 2. The Kier molecular flexibility index (Phi) is 7.14. The lowest BCUT2D eigenvalue weighted by atomic mass is 10.2. The van der Waals surface area contributed by atoms with E-state index in [0.717, 1.165) is 37.2 Å². The summed E-state index contributed by atoms with van der Waals surface area (Å²) in [4.78, 5) is 26.0. The second-order valence-corrected chi connectivity index (χ2v) is 7.09. The maximum absolute atomic E-state index is 12.2. The Balaban J connectivity index is 1.40. The molecule has 0 atom stereocenters. The fourth-order valence-corrected chi connectivity index (χ4v) is 3.09. The number of hydrogen-bond donors (Lipinski definition) is 2. The first kappa shape index (κ1) is 20.0. The Labute approximate surface area is 169 Å². The molecular weight excluding hydrogens is 378 g/mol. The van der Waals surface area contributed by atoms with Crippen LogP contribution in [0, 0.1) is 0 Å². The zero-order valence-corrected chi connectivity index (χ0v) is 16.4. The first-order valence-electron chi connectivity index (χ1n) is 9.40. The van der Waals surface area contributed by atoms with Crippen molar-refractivity contribution < 1.29 is 14.3 Å². The lowest BCUT2D eigenvalue weighted by molar-refractivity contribution is -0.121. The number of urea groups is 1. The summed E-state index contributed by atoms with van der Waals surface area (Å²) in [5, 5.41) is 6.42. The van der Waals surface area contributed by atoms with Crippen LogP contribution in [0.25, 0.3) is 0 Å². The highest BCUT2D eigenvalue weighted by Crippen LogP contribution is 2.16. The van der Waals surface area contributed by atoms with E-state index in [-0.39, 0.29) is 18.4 Å². The van der Waals surface area contributed by atoms with E-state index < -0.39 is 0 Å². The molecule has 0 radical (unpaired) electrons. The lowest BCUT2D eigenvalue weighted by Gasteiger charge is -2.16. The summed E-state index contributed by atoms with van der Waals surface area (Å²) in [6.45, 7) is 2.30. The Bertz CT molecular complexity index is 805. The van der Waals surface area contributed by atoms with Crippen LogP contribution < -0.4 is 15.4 Å². The van der Waals surface area contributed by atoms with Gasteiger partial charge in [0.2, 0.25) is 5.91 Å². The number of anilines is 1. The van der Waals surface area contributed by atoms with Gasteiger partial charge in [-0.15, -0.1) is 0 Å². The highest BCUT2D eigenvalue weighted by atomic mass is 35.5. The number of halogens is 1. The monoisotopic (exact) mass is 401 g/mol. The summed E-state index contributed by atoms with van der Waals surface area (Å²) in [6, 6.07) is 14.4. The van der Waals surface area contributed by atoms with Crippen LogP contribution in [0.15, 0.2) is 48.5 Å². The number of amides is 3. The van der Waals surface area contributed by atoms with Gasteiger partial charge in [0, 0.05) is 30.3 Å². The minimum Gasteiger partial charge on any atom is -0.493 e. The molecule has 1 fully saturated rings. The SMILES string of the molecule is O=C(CCOc1ccc(Cl)cc1)NCc1cccc(NC(=O)N2CCCC2)c1. The van der Waals surface area contributed by atoms with Gasteiger partial charge in [0.05, 0.1) is 13.0 Å². The van der Waals surface area contributed by atoms with E-state index in [4.69, 9.17) is 16.3 Å². The number of likely N-dealkylation sites (tertiary alicyclic amines) is 1. The summed E-state index contributed by atoms with van der Waals surface area (Å²) in [7, 11) is 0. The van der Waals surface area contributed by atoms with Gasteiger partial charge in [0.15, 0.2) is 0 Å². The van der Waals surface area contributed by atoms with Gasteiger partial charge in [-0.25, -0.2) is 4.79 Å². The van der Waals surface area contributed by atoms with Crippen LogP contribution in [0.4, 0.5) is 10.5 Å². The summed E-state index contributed by atoms with van der Waals surface area (Å²) in [6.07, 6.45) is 2.37. The molecule has 0 unspecified atom stereocenters. The number of nitrogens with zero attached hydrogens (tertiary/aromatic N) is 1. The Morgan fingerprint density at radius 3 is 2.57 bits per heavy atom. The summed E-state index contributed by atoms with van der Waals surface area (Å²) in [5.41, 5.74) is 1.65. The third-order valence-electron chi connectivity index (χ3n) is 4.47. The van der Waals surface area contributed by atoms with Gasteiger partial charge in [-0.3, -0.25) is 4.79 Å². The molecule has 3 amide bonds. The van der Waals surface area contributed by atoms with Crippen LogP contribution in [-0.2, 0) is 11.3 Å². The summed E-state index contributed by atoms with van der Waals surface area (Å²) < 4.78 is 5.52. The summed E-state index contributed by atoms with van der Waals surface area (Å²) >= 11 is 5.82. The predicted molar refractivity (Wildman–Crippen MR) is 110 cm³/mol. The maximum Gasteiger partial charge on any atom is 0.321 e. The fraction of sp³-hybridized carbons (Fsp3) is 0.333. The Morgan fingerprint density at radius 1 is 1.07 bits per heavy atom. The molecule has 1 saturated heterocycles. The van der Waals surface area contributed by atoms with E-state index in [2.05, 4.69) is 10.6 Å². The normalized spacial score (nSPS) is 13.2. The standard InChI is InChI=1S/C21H24ClN3O3/c22-17-6-8-19(9-7-17)28-13-10-20(26)23-15-16-4-3-5-18(14-16)24-21(27)25-11-1-2-12-25/h3-9,14H,1-2,10-13,15H2,(H,23,26)(H,24,27). The van der Waals surface area contributed by atoms with Gasteiger partial charge in [0.1, 0.15) is 5.75 Å². The first-order chi connectivity index (χ1) is 13.6. The third kappa shape index (κ3) is 6.16. The van der Waals surface area contributed by atoms with Gasteiger partial charge in [-0.05, 0) is 54.8 Å².